The molecule has 13 heavy (non-hydrogen) atoms. The Bertz CT molecular complexity index is 299. The highest BCUT2D eigenvalue weighted by molar-refractivity contribution is 5.24. The molecular weight excluding hydrogens is 160 g/mol. The zero-order chi connectivity index (χ0) is 9.42. The predicted octanol–water partition coefficient (Wildman–Crippen LogP) is 2.90. The van der Waals surface area contributed by atoms with E-state index in [2.05, 4.69) is 36.7 Å². The van der Waals surface area contributed by atoms with Gasteiger partial charge in [-0.3, -0.25) is 4.68 Å². The van der Waals surface area contributed by atoms with Crippen molar-refractivity contribution >= 4 is 0 Å². The first kappa shape index (κ1) is 8.79. The van der Waals surface area contributed by atoms with E-state index >= 15 is 0 Å². The van der Waals surface area contributed by atoms with Crippen LogP contribution in [0.4, 0.5) is 0 Å². The third-order valence-electron chi connectivity index (χ3n) is 2.95. The van der Waals surface area contributed by atoms with Gasteiger partial charge in [-0.2, -0.15) is 5.10 Å². The lowest BCUT2D eigenvalue weighted by Gasteiger charge is -2.22. The van der Waals surface area contributed by atoms with Gasteiger partial charge in [0, 0.05) is 11.7 Å². The number of nitrogens with zero attached hydrogens (tertiary/aromatic N) is 2. The van der Waals surface area contributed by atoms with Crippen LogP contribution in [0.2, 0.25) is 0 Å². The molecule has 2 nitrogen and oxygen atoms in total. The second kappa shape index (κ2) is 3.17. The monoisotopic (exact) mass is 178 g/mol. The minimum Gasteiger partial charge on any atom is -0.267 e. The Kier molecular flexibility index (Phi) is 2.14. The Morgan fingerprint density at radius 2 is 2.31 bits per heavy atom. The second-order valence-electron chi connectivity index (χ2n) is 4.39. The Hall–Kier alpha value is -0.790. The Morgan fingerprint density at radius 1 is 1.54 bits per heavy atom. The van der Waals surface area contributed by atoms with Gasteiger partial charge in [0.15, 0.2) is 0 Å². The topological polar surface area (TPSA) is 17.8 Å². The number of fused-ring (bicyclic) bond motifs is 1. The molecule has 0 unspecified atom stereocenters. The normalized spacial score (nSPS) is 22.0. The molecule has 1 aliphatic carbocycles. The van der Waals surface area contributed by atoms with Crippen molar-refractivity contribution in [1.82, 2.24) is 9.78 Å². The molecule has 1 aromatic rings. The van der Waals surface area contributed by atoms with Crippen molar-refractivity contribution in [1.29, 1.82) is 0 Å². The van der Waals surface area contributed by atoms with Gasteiger partial charge in [-0.1, -0.05) is 6.92 Å². The molecule has 0 spiro atoms. The van der Waals surface area contributed by atoms with Crippen molar-refractivity contribution in [3.05, 3.63) is 17.5 Å². The van der Waals surface area contributed by atoms with E-state index in [0.717, 1.165) is 0 Å². The second-order valence-corrected chi connectivity index (χ2v) is 4.39. The highest BCUT2D eigenvalue weighted by Gasteiger charge is 2.22. The van der Waals surface area contributed by atoms with Crippen molar-refractivity contribution in [3.8, 4) is 0 Å². The van der Waals surface area contributed by atoms with Crippen LogP contribution in [0.15, 0.2) is 6.20 Å². The van der Waals surface area contributed by atoms with E-state index in [1.54, 1.807) is 0 Å². The summed E-state index contributed by atoms with van der Waals surface area (Å²) in [5.41, 5.74) is 2.97. The van der Waals surface area contributed by atoms with Crippen LogP contribution >= 0.6 is 0 Å². The molecule has 1 aromatic heterocycles. The fourth-order valence-corrected chi connectivity index (χ4v) is 2.29. The number of aryl methyl sites for hydroxylation is 1. The van der Waals surface area contributed by atoms with E-state index in [1.165, 1.54) is 30.5 Å². The van der Waals surface area contributed by atoms with Gasteiger partial charge in [-0.25, -0.2) is 0 Å². The maximum atomic E-state index is 4.46. The summed E-state index contributed by atoms with van der Waals surface area (Å²) in [5, 5.41) is 4.46. The summed E-state index contributed by atoms with van der Waals surface area (Å²) in [4.78, 5) is 0. The summed E-state index contributed by atoms with van der Waals surface area (Å²) in [6.07, 6.45) is 5.95. The van der Waals surface area contributed by atoms with Gasteiger partial charge in [0.05, 0.1) is 6.20 Å². The van der Waals surface area contributed by atoms with Crippen molar-refractivity contribution in [3.63, 3.8) is 0 Å². The zero-order valence-electron chi connectivity index (χ0n) is 8.75. The van der Waals surface area contributed by atoms with Crippen LogP contribution in [0.1, 0.15) is 56.8 Å². The quantitative estimate of drug-likeness (QED) is 0.646. The first-order valence-electron chi connectivity index (χ1n) is 5.26. The van der Waals surface area contributed by atoms with E-state index < -0.39 is 0 Å². The molecule has 0 N–H and O–H groups in total. The van der Waals surface area contributed by atoms with Gasteiger partial charge < -0.3 is 0 Å². The third kappa shape index (κ3) is 1.38. The van der Waals surface area contributed by atoms with Crippen LogP contribution < -0.4 is 0 Å². The van der Waals surface area contributed by atoms with E-state index in [9.17, 15) is 0 Å². The SMILES string of the molecule is CC(C)n1ncc2c1[C@@H](C)CCC2. The van der Waals surface area contributed by atoms with Crippen LogP contribution in [-0.4, -0.2) is 9.78 Å². The van der Waals surface area contributed by atoms with Gasteiger partial charge in [0.2, 0.25) is 0 Å². The van der Waals surface area contributed by atoms with Gasteiger partial charge >= 0.3 is 0 Å². The average molecular weight is 178 g/mol. The highest BCUT2D eigenvalue weighted by atomic mass is 15.3. The van der Waals surface area contributed by atoms with Crippen LogP contribution in [0.5, 0.6) is 0 Å². The lowest BCUT2D eigenvalue weighted by Crippen LogP contribution is -2.14. The number of rotatable bonds is 1. The highest BCUT2D eigenvalue weighted by Crippen LogP contribution is 2.32. The molecule has 1 aliphatic rings. The van der Waals surface area contributed by atoms with Gasteiger partial charge in [-0.15, -0.1) is 0 Å². The van der Waals surface area contributed by atoms with Crippen LogP contribution in [-0.2, 0) is 6.42 Å². The molecule has 2 heteroatoms. The van der Waals surface area contributed by atoms with E-state index in [1.807, 2.05) is 0 Å². The van der Waals surface area contributed by atoms with Crippen LogP contribution in [0.25, 0.3) is 0 Å². The first-order valence-corrected chi connectivity index (χ1v) is 5.26. The fourth-order valence-electron chi connectivity index (χ4n) is 2.29. The summed E-state index contributed by atoms with van der Waals surface area (Å²) in [7, 11) is 0. The standard InChI is InChI=1S/C11H18N2/c1-8(2)13-11-9(3)5-4-6-10(11)7-12-13/h7-9H,4-6H2,1-3H3/t9-/m0/s1. The number of aromatic nitrogens is 2. The minimum atomic E-state index is 0.504. The summed E-state index contributed by atoms with van der Waals surface area (Å²) in [6.45, 7) is 6.72. The molecule has 0 aromatic carbocycles. The predicted molar refractivity (Wildman–Crippen MR) is 54.0 cm³/mol. The molecule has 0 amide bonds. The third-order valence-corrected chi connectivity index (χ3v) is 2.95. The number of hydrogen-bond acceptors (Lipinski definition) is 1. The molecule has 0 saturated carbocycles. The Balaban J connectivity index is 2.44. The summed E-state index contributed by atoms with van der Waals surface area (Å²) < 4.78 is 2.19. The maximum absolute atomic E-state index is 4.46. The number of hydrogen-bond donors (Lipinski definition) is 0. The zero-order valence-corrected chi connectivity index (χ0v) is 8.75. The largest absolute Gasteiger partial charge is 0.267 e. The van der Waals surface area contributed by atoms with Crippen molar-refractivity contribution in [2.24, 2.45) is 0 Å². The molecule has 2 rings (SSSR count). The molecule has 72 valence electrons. The Morgan fingerprint density at radius 3 is 3.00 bits per heavy atom. The average Bonchev–Trinajstić information content (AvgIpc) is 2.49. The molecular formula is C11H18N2. The van der Waals surface area contributed by atoms with Gasteiger partial charge in [-0.05, 0) is 44.6 Å². The smallest absolute Gasteiger partial charge is 0.0524 e. The lowest BCUT2D eigenvalue weighted by molar-refractivity contribution is 0.465. The van der Waals surface area contributed by atoms with Gasteiger partial charge in [0.25, 0.3) is 0 Å². The molecule has 1 atom stereocenters. The van der Waals surface area contributed by atoms with Crippen molar-refractivity contribution in [2.45, 2.75) is 52.0 Å². The summed E-state index contributed by atoms with van der Waals surface area (Å²) in [5.74, 6) is 0.702. The fraction of sp³-hybridized carbons (Fsp3) is 0.727. The molecule has 0 radical (unpaired) electrons. The lowest BCUT2D eigenvalue weighted by atomic mass is 9.89. The van der Waals surface area contributed by atoms with E-state index in [-0.39, 0.29) is 0 Å². The Labute approximate surface area is 80.0 Å². The minimum absolute atomic E-state index is 0.504. The van der Waals surface area contributed by atoms with E-state index in [4.69, 9.17) is 0 Å². The molecule has 1 heterocycles. The molecule has 0 saturated heterocycles. The molecule has 0 bridgehead atoms. The van der Waals surface area contributed by atoms with Gasteiger partial charge in [0.1, 0.15) is 0 Å². The molecule has 0 fully saturated rings. The summed E-state index contributed by atoms with van der Waals surface area (Å²) >= 11 is 0. The van der Waals surface area contributed by atoms with E-state index in [0.29, 0.717) is 12.0 Å². The maximum Gasteiger partial charge on any atom is 0.0524 e. The van der Waals surface area contributed by atoms with Crippen LogP contribution in [0.3, 0.4) is 0 Å². The van der Waals surface area contributed by atoms with Crippen LogP contribution in [0, 0.1) is 0 Å². The van der Waals surface area contributed by atoms with Crippen molar-refractivity contribution < 1.29 is 0 Å². The molecule has 0 aliphatic heterocycles. The first-order chi connectivity index (χ1) is 6.20. The van der Waals surface area contributed by atoms with Crippen molar-refractivity contribution in [2.75, 3.05) is 0 Å². The summed E-state index contributed by atoms with van der Waals surface area (Å²) in [6, 6.07) is 0.504.